The molecule has 2 aromatic carbocycles. The molecule has 1 heterocycles. The maximum Gasteiger partial charge on any atom is 0.123 e. The molecule has 20 heavy (non-hydrogen) atoms. The minimum Gasteiger partial charge on any atom is -0.326 e. The van der Waals surface area contributed by atoms with Crippen LogP contribution in [0.5, 0.6) is 0 Å². The van der Waals surface area contributed by atoms with Gasteiger partial charge in [-0.15, -0.1) is 11.3 Å². The maximum absolute atomic E-state index is 6.40. The Hall–Kier alpha value is -1.68. The predicted octanol–water partition coefficient (Wildman–Crippen LogP) is 4.59. The number of thiazole rings is 1. The molecule has 0 fully saturated rings. The van der Waals surface area contributed by atoms with Gasteiger partial charge in [0.25, 0.3) is 0 Å². The Morgan fingerprint density at radius 2 is 1.85 bits per heavy atom. The highest BCUT2D eigenvalue weighted by Crippen LogP contribution is 2.38. The third-order valence-electron chi connectivity index (χ3n) is 3.18. The summed E-state index contributed by atoms with van der Waals surface area (Å²) in [5, 5.41) is 3.68. The second-order valence-electron chi connectivity index (χ2n) is 4.36. The summed E-state index contributed by atoms with van der Waals surface area (Å²) < 4.78 is 0. The second kappa shape index (κ2) is 5.75. The van der Waals surface area contributed by atoms with Crippen molar-refractivity contribution in [3.8, 4) is 21.7 Å². The highest BCUT2D eigenvalue weighted by atomic mass is 35.5. The fourth-order valence-corrected chi connectivity index (χ4v) is 3.26. The molecule has 0 aliphatic carbocycles. The van der Waals surface area contributed by atoms with Crippen molar-refractivity contribution in [2.75, 3.05) is 0 Å². The van der Waals surface area contributed by atoms with Gasteiger partial charge in [0.1, 0.15) is 5.01 Å². The molecule has 0 saturated carbocycles. The molecule has 3 rings (SSSR count). The Morgan fingerprint density at radius 1 is 1.05 bits per heavy atom. The highest BCUT2D eigenvalue weighted by molar-refractivity contribution is 7.13. The number of nitrogens with two attached hydrogens (primary N) is 1. The minimum atomic E-state index is 0.460. The zero-order valence-corrected chi connectivity index (χ0v) is 12.3. The van der Waals surface area contributed by atoms with E-state index in [1.165, 1.54) is 0 Å². The van der Waals surface area contributed by atoms with Crippen molar-refractivity contribution >= 4 is 22.9 Å². The van der Waals surface area contributed by atoms with Gasteiger partial charge in [0.2, 0.25) is 0 Å². The minimum absolute atomic E-state index is 0.460. The van der Waals surface area contributed by atoms with Crippen molar-refractivity contribution in [2.45, 2.75) is 6.54 Å². The van der Waals surface area contributed by atoms with Gasteiger partial charge >= 0.3 is 0 Å². The summed E-state index contributed by atoms with van der Waals surface area (Å²) >= 11 is 8.02. The number of aromatic nitrogens is 1. The molecule has 0 saturated heterocycles. The Balaban J connectivity index is 2.26. The van der Waals surface area contributed by atoms with E-state index in [1.54, 1.807) is 11.3 Å². The molecule has 0 radical (unpaired) electrons. The Labute approximate surface area is 126 Å². The van der Waals surface area contributed by atoms with Gasteiger partial charge in [-0.05, 0) is 17.2 Å². The van der Waals surface area contributed by atoms with Crippen LogP contribution in [0.1, 0.15) is 5.56 Å². The van der Waals surface area contributed by atoms with Gasteiger partial charge in [-0.1, -0.05) is 48.0 Å². The van der Waals surface area contributed by atoms with Crippen molar-refractivity contribution in [1.82, 2.24) is 4.98 Å². The molecule has 1 aromatic heterocycles. The van der Waals surface area contributed by atoms with Crippen LogP contribution in [0.3, 0.4) is 0 Å². The second-order valence-corrected chi connectivity index (χ2v) is 5.66. The lowest BCUT2D eigenvalue weighted by Gasteiger charge is -2.13. The first kappa shape index (κ1) is 13.3. The molecule has 0 aliphatic heterocycles. The average Bonchev–Trinajstić information content (AvgIpc) is 3.01. The zero-order valence-electron chi connectivity index (χ0n) is 10.7. The van der Waals surface area contributed by atoms with E-state index in [2.05, 4.69) is 17.1 Å². The van der Waals surface area contributed by atoms with Crippen molar-refractivity contribution in [3.63, 3.8) is 0 Å². The molecule has 0 unspecified atom stereocenters. The Morgan fingerprint density at radius 3 is 2.55 bits per heavy atom. The Bertz CT molecular complexity index is 723. The van der Waals surface area contributed by atoms with E-state index < -0.39 is 0 Å². The monoisotopic (exact) mass is 300 g/mol. The standard InChI is InChI=1S/C16H13ClN2S/c17-14-7-3-4-11(10-18)15(14)12-5-1-2-6-13(12)16-19-8-9-20-16/h1-9H,10,18H2. The van der Waals surface area contributed by atoms with E-state index in [9.17, 15) is 0 Å². The van der Waals surface area contributed by atoms with Gasteiger partial charge in [-0.2, -0.15) is 0 Å². The topological polar surface area (TPSA) is 38.9 Å². The van der Waals surface area contributed by atoms with Gasteiger partial charge in [0, 0.05) is 34.3 Å². The lowest BCUT2D eigenvalue weighted by atomic mass is 9.95. The first-order chi connectivity index (χ1) is 9.81. The molecular weight excluding hydrogens is 288 g/mol. The molecule has 3 aromatic rings. The normalized spacial score (nSPS) is 10.7. The molecule has 2 nitrogen and oxygen atoms in total. The summed E-state index contributed by atoms with van der Waals surface area (Å²) in [6.45, 7) is 0.460. The van der Waals surface area contributed by atoms with Crippen molar-refractivity contribution in [3.05, 3.63) is 64.6 Å². The molecule has 4 heteroatoms. The molecular formula is C16H13ClN2S. The predicted molar refractivity (Wildman–Crippen MR) is 85.9 cm³/mol. The molecule has 0 amide bonds. The fraction of sp³-hybridized carbons (Fsp3) is 0.0625. The zero-order chi connectivity index (χ0) is 13.9. The molecule has 2 N–H and O–H groups in total. The first-order valence-electron chi connectivity index (χ1n) is 6.28. The Kier molecular flexibility index (Phi) is 3.83. The van der Waals surface area contributed by atoms with Crippen LogP contribution < -0.4 is 5.73 Å². The third-order valence-corrected chi connectivity index (χ3v) is 4.30. The van der Waals surface area contributed by atoms with E-state index in [4.69, 9.17) is 17.3 Å². The largest absolute Gasteiger partial charge is 0.326 e. The van der Waals surface area contributed by atoms with Gasteiger partial charge in [0.05, 0.1) is 0 Å². The molecule has 0 bridgehead atoms. The van der Waals surface area contributed by atoms with Gasteiger partial charge in [-0.3, -0.25) is 0 Å². The van der Waals surface area contributed by atoms with Crippen LogP contribution in [0.2, 0.25) is 5.02 Å². The number of benzene rings is 2. The van der Waals surface area contributed by atoms with Crippen molar-refractivity contribution in [2.24, 2.45) is 5.73 Å². The summed E-state index contributed by atoms with van der Waals surface area (Å²) in [6, 6.07) is 14.0. The van der Waals surface area contributed by atoms with E-state index in [-0.39, 0.29) is 0 Å². The number of hydrogen-bond acceptors (Lipinski definition) is 3. The van der Waals surface area contributed by atoms with Crippen LogP contribution in [0.15, 0.2) is 54.0 Å². The van der Waals surface area contributed by atoms with Gasteiger partial charge in [-0.25, -0.2) is 4.98 Å². The van der Waals surface area contributed by atoms with E-state index in [0.717, 1.165) is 32.3 Å². The van der Waals surface area contributed by atoms with Crippen LogP contribution in [-0.4, -0.2) is 4.98 Å². The fourth-order valence-electron chi connectivity index (χ4n) is 2.28. The highest BCUT2D eigenvalue weighted by Gasteiger charge is 2.14. The molecule has 0 aliphatic rings. The van der Waals surface area contributed by atoms with Crippen LogP contribution in [0.25, 0.3) is 21.7 Å². The van der Waals surface area contributed by atoms with Crippen molar-refractivity contribution < 1.29 is 0 Å². The van der Waals surface area contributed by atoms with Gasteiger partial charge < -0.3 is 5.73 Å². The summed E-state index contributed by atoms with van der Waals surface area (Å²) in [5.74, 6) is 0. The van der Waals surface area contributed by atoms with E-state index in [0.29, 0.717) is 6.54 Å². The van der Waals surface area contributed by atoms with Crippen LogP contribution >= 0.6 is 22.9 Å². The SMILES string of the molecule is NCc1cccc(Cl)c1-c1ccccc1-c1nccs1. The van der Waals surface area contributed by atoms with Crippen molar-refractivity contribution in [1.29, 1.82) is 0 Å². The molecule has 0 atom stereocenters. The van der Waals surface area contributed by atoms with Gasteiger partial charge in [0.15, 0.2) is 0 Å². The lowest BCUT2D eigenvalue weighted by Crippen LogP contribution is -2.00. The van der Waals surface area contributed by atoms with Crippen LogP contribution in [0, 0.1) is 0 Å². The number of halogens is 1. The maximum atomic E-state index is 6.40. The summed E-state index contributed by atoms with van der Waals surface area (Å²) in [4.78, 5) is 4.40. The number of rotatable bonds is 3. The number of nitrogens with zero attached hydrogens (tertiary/aromatic N) is 1. The summed E-state index contributed by atoms with van der Waals surface area (Å²) in [7, 11) is 0. The molecule has 0 spiro atoms. The third kappa shape index (κ3) is 2.36. The summed E-state index contributed by atoms with van der Waals surface area (Å²) in [6.07, 6.45) is 1.81. The van der Waals surface area contributed by atoms with Crippen LogP contribution in [-0.2, 0) is 6.54 Å². The quantitative estimate of drug-likeness (QED) is 0.768. The van der Waals surface area contributed by atoms with Crippen LogP contribution in [0.4, 0.5) is 0 Å². The summed E-state index contributed by atoms with van der Waals surface area (Å²) in [5.41, 5.74) is 10.1. The molecule has 100 valence electrons. The van der Waals surface area contributed by atoms with E-state index >= 15 is 0 Å². The number of hydrogen-bond donors (Lipinski definition) is 1. The smallest absolute Gasteiger partial charge is 0.123 e. The first-order valence-corrected chi connectivity index (χ1v) is 7.53. The van der Waals surface area contributed by atoms with E-state index in [1.807, 2.05) is 41.9 Å². The average molecular weight is 301 g/mol. The lowest BCUT2D eigenvalue weighted by molar-refractivity contribution is 1.07.